The number of sulfonamides is 1. The number of hydrogen-bond donors (Lipinski definition) is 1. The van der Waals surface area contributed by atoms with Crippen LogP contribution in [0.15, 0.2) is 29.2 Å². The number of amides is 1. The van der Waals surface area contributed by atoms with Crippen LogP contribution in [0.2, 0.25) is 5.02 Å². The van der Waals surface area contributed by atoms with Crippen LogP contribution in [0.3, 0.4) is 0 Å². The van der Waals surface area contributed by atoms with Crippen molar-refractivity contribution in [1.29, 1.82) is 0 Å². The van der Waals surface area contributed by atoms with Crippen LogP contribution in [0.5, 0.6) is 0 Å². The minimum Gasteiger partial charge on any atom is -0.339 e. The summed E-state index contributed by atoms with van der Waals surface area (Å²) in [6.07, 6.45) is 0. The van der Waals surface area contributed by atoms with Gasteiger partial charge in [0.05, 0.1) is 10.9 Å². The highest BCUT2D eigenvalue weighted by molar-refractivity contribution is 7.89. The summed E-state index contributed by atoms with van der Waals surface area (Å²) in [4.78, 5) is 14.3. The highest BCUT2D eigenvalue weighted by Gasteiger charge is 2.35. The Balaban J connectivity index is 0.00000312. The molecule has 1 fully saturated rings. The van der Waals surface area contributed by atoms with E-state index in [4.69, 9.17) is 17.3 Å². The molecule has 1 saturated heterocycles. The second-order valence-corrected chi connectivity index (χ2v) is 9.40. The molecule has 1 heterocycles. The molecule has 2 N–H and O–H groups in total. The lowest BCUT2D eigenvalue weighted by Crippen LogP contribution is -2.56. The van der Waals surface area contributed by atoms with Gasteiger partial charge in [-0.2, -0.15) is 4.31 Å². The van der Waals surface area contributed by atoms with Crippen molar-refractivity contribution < 1.29 is 13.2 Å². The van der Waals surface area contributed by atoms with E-state index in [1.54, 1.807) is 17.0 Å². The van der Waals surface area contributed by atoms with E-state index in [-0.39, 0.29) is 41.7 Å². The Kier molecular flexibility index (Phi) is 7.30. The van der Waals surface area contributed by atoms with E-state index < -0.39 is 16.1 Å². The quantitative estimate of drug-likeness (QED) is 0.826. The molecule has 1 aliphatic heterocycles. The van der Waals surface area contributed by atoms with Gasteiger partial charge in [0.25, 0.3) is 0 Å². The molecule has 6 nitrogen and oxygen atoms in total. The highest BCUT2D eigenvalue weighted by Crippen LogP contribution is 2.22. The van der Waals surface area contributed by atoms with Crippen LogP contribution in [-0.4, -0.2) is 55.8 Å². The second-order valence-electron chi connectivity index (χ2n) is 7.03. The molecule has 0 saturated carbocycles. The predicted octanol–water partition coefficient (Wildman–Crippen LogP) is 1.97. The number of hydrogen-bond acceptors (Lipinski definition) is 4. The molecule has 0 aromatic heterocycles. The first-order valence-corrected chi connectivity index (χ1v) is 9.65. The maximum Gasteiger partial charge on any atom is 0.243 e. The summed E-state index contributed by atoms with van der Waals surface area (Å²) in [5, 5.41) is 0.487. The first kappa shape index (κ1) is 22.2. The zero-order valence-corrected chi connectivity index (χ0v) is 17.0. The molecule has 1 aliphatic rings. The number of halogens is 2. The Morgan fingerprint density at radius 2 is 1.60 bits per heavy atom. The van der Waals surface area contributed by atoms with E-state index in [9.17, 15) is 13.2 Å². The zero-order valence-electron chi connectivity index (χ0n) is 14.6. The number of nitrogens with zero attached hydrogens (tertiary/aromatic N) is 2. The van der Waals surface area contributed by atoms with Gasteiger partial charge < -0.3 is 10.6 Å². The molecule has 0 spiro atoms. The first-order chi connectivity index (χ1) is 11.0. The Morgan fingerprint density at radius 1 is 1.12 bits per heavy atom. The SMILES string of the molecule is CC(C)(C)[C@H](N)C(=O)N1CCN(S(=O)(=O)c2ccc(Cl)cc2)CC1.Cl. The number of nitrogens with two attached hydrogens (primary N) is 1. The van der Waals surface area contributed by atoms with Crippen LogP contribution in [0, 0.1) is 5.41 Å². The van der Waals surface area contributed by atoms with Crippen LogP contribution >= 0.6 is 24.0 Å². The average Bonchev–Trinajstić information content (AvgIpc) is 2.53. The molecule has 142 valence electrons. The van der Waals surface area contributed by atoms with Crippen LogP contribution < -0.4 is 5.73 Å². The van der Waals surface area contributed by atoms with Gasteiger partial charge in [-0.05, 0) is 29.7 Å². The van der Waals surface area contributed by atoms with Gasteiger partial charge in [-0.1, -0.05) is 32.4 Å². The van der Waals surface area contributed by atoms with Crippen molar-refractivity contribution in [2.45, 2.75) is 31.7 Å². The third kappa shape index (κ3) is 5.08. The molecule has 9 heteroatoms. The summed E-state index contributed by atoms with van der Waals surface area (Å²) in [5.41, 5.74) is 5.69. The number of carbonyl (C=O) groups is 1. The number of piperazine rings is 1. The maximum atomic E-state index is 12.6. The Hall–Kier alpha value is -0.860. The summed E-state index contributed by atoms with van der Waals surface area (Å²) >= 11 is 5.80. The number of rotatable bonds is 3. The molecular weight excluding hydrogens is 385 g/mol. The zero-order chi connectivity index (χ0) is 18.1. The third-order valence-electron chi connectivity index (χ3n) is 4.20. The molecule has 1 aromatic rings. The van der Waals surface area contributed by atoms with Crippen molar-refractivity contribution in [2.24, 2.45) is 11.1 Å². The second kappa shape index (κ2) is 8.22. The molecule has 0 aliphatic carbocycles. The number of carbonyl (C=O) groups excluding carboxylic acids is 1. The fraction of sp³-hybridized carbons (Fsp3) is 0.562. The fourth-order valence-corrected chi connectivity index (χ4v) is 4.02. The minimum absolute atomic E-state index is 0. The molecule has 0 unspecified atom stereocenters. The summed E-state index contributed by atoms with van der Waals surface area (Å²) in [5.74, 6) is -0.133. The molecule has 0 bridgehead atoms. The predicted molar refractivity (Wildman–Crippen MR) is 101 cm³/mol. The topological polar surface area (TPSA) is 83.7 Å². The Morgan fingerprint density at radius 3 is 2.04 bits per heavy atom. The lowest BCUT2D eigenvalue weighted by atomic mass is 9.86. The van der Waals surface area contributed by atoms with Gasteiger partial charge in [-0.3, -0.25) is 4.79 Å². The van der Waals surface area contributed by atoms with Crippen LogP contribution in [0.25, 0.3) is 0 Å². The van der Waals surface area contributed by atoms with Crippen LogP contribution in [0.4, 0.5) is 0 Å². The lowest BCUT2D eigenvalue weighted by Gasteiger charge is -2.37. The van der Waals surface area contributed by atoms with Crippen molar-refractivity contribution in [2.75, 3.05) is 26.2 Å². The first-order valence-electron chi connectivity index (χ1n) is 7.83. The van der Waals surface area contributed by atoms with Crippen molar-refractivity contribution in [3.63, 3.8) is 0 Å². The van der Waals surface area contributed by atoms with Crippen LogP contribution in [-0.2, 0) is 14.8 Å². The van der Waals surface area contributed by atoms with E-state index >= 15 is 0 Å². The normalized spacial score (nSPS) is 17.7. The van der Waals surface area contributed by atoms with Gasteiger partial charge in [0, 0.05) is 31.2 Å². The molecule has 25 heavy (non-hydrogen) atoms. The van der Waals surface area contributed by atoms with E-state index in [0.29, 0.717) is 18.1 Å². The van der Waals surface area contributed by atoms with Gasteiger partial charge in [0.2, 0.25) is 15.9 Å². The van der Waals surface area contributed by atoms with E-state index in [0.717, 1.165) is 0 Å². The van der Waals surface area contributed by atoms with Crippen LogP contribution in [0.1, 0.15) is 20.8 Å². The smallest absolute Gasteiger partial charge is 0.243 e. The molecular formula is C16H25Cl2N3O3S. The standard InChI is InChI=1S/C16H24ClN3O3S.ClH/c1-16(2,3)14(18)15(21)19-8-10-20(11-9-19)24(22,23)13-6-4-12(17)5-7-13;/h4-7,14H,8-11,18H2,1-3H3;1H/t14-;/m1./s1. The average molecular weight is 410 g/mol. The van der Waals surface area contributed by atoms with Crippen molar-refractivity contribution in [1.82, 2.24) is 9.21 Å². The lowest BCUT2D eigenvalue weighted by molar-refractivity contribution is -0.136. The molecule has 0 radical (unpaired) electrons. The van der Waals surface area contributed by atoms with E-state index in [2.05, 4.69) is 0 Å². The summed E-state index contributed by atoms with van der Waals surface area (Å²) in [7, 11) is -3.57. The Bertz CT molecular complexity index is 694. The van der Waals surface area contributed by atoms with Gasteiger partial charge in [-0.15, -0.1) is 12.4 Å². The summed E-state index contributed by atoms with van der Waals surface area (Å²) in [6, 6.07) is 5.49. The van der Waals surface area contributed by atoms with Gasteiger partial charge in [-0.25, -0.2) is 8.42 Å². The minimum atomic E-state index is -3.57. The summed E-state index contributed by atoms with van der Waals surface area (Å²) in [6.45, 7) is 6.94. The van der Waals surface area contributed by atoms with Gasteiger partial charge in [0.15, 0.2) is 0 Å². The van der Waals surface area contributed by atoms with Crippen molar-refractivity contribution in [3.05, 3.63) is 29.3 Å². The fourth-order valence-electron chi connectivity index (χ4n) is 2.47. The molecule has 2 rings (SSSR count). The van der Waals surface area contributed by atoms with Gasteiger partial charge >= 0.3 is 0 Å². The van der Waals surface area contributed by atoms with Crippen molar-refractivity contribution in [3.8, 4) is 0 Å². The molecule has 1 atom stereocenters. The number of benzene rings is 1. The third-order valence-corrected chi connectivity index (χ3v) is 6.37. The molecule has 1 aromatic carbocycles. The molecule has 1 amide bonds. The van der Waals surface area contributed by atoms with Gasteiger partial charge in [0.1, 0.15) is 0 Å². The van der Waals surface area contributed by atoms with Crippen molar-refractivity contribution >= 4 is 39.9 Å². The highest BCUT2D eigenvalue weighted by atomic mass is 35.5. The Labute approximate surface area is 160 Å². The largest absolute Gasteiger partial charge is 0.339 e. The summed E-state index contributed by atoms with van der Waals surface area (Å²) < 4.78 is 26.6. The van der Waals surface area contributed by atoms with E-state index in [1.165, 1.54) is 16.4 Å². The van der Waals surface area contributed by atoms with E-state index in [1.807, 2.05) is 20.8 Å². The monoisotopic (exact) mass is 409 g/mol. The maximum absolute atomic E-state index is 12.6.